The molecule has 62 valence electrons. The van der Waals surface area contributed by atoms with Crippen molar-refractivity contribution >= 4 is 6.29 Å². The van der Waals surface area contributed by atoms with E-state index in [4.69, 9.17) is 4.74 Å². The van der Waals surface area contributed by atoms with Crippen LogP contribution in [0.5, 0.6) is 0 Å². The molecule has 0 aromatic carbocycles. The van der Waals surface area contributed by atoms with Crippen LogP contribution in [-0.4, -0.2) is 12.4 Å². The van der Waals surface area contributed by atoms with E-state index in [0.29, 0.717) is 0 Å². The number of hydrogen-bond acceptors (Lipinski definition) is 2. The molecule has 2 heteroatoms. The molecule has 1 rings (SSSR count). The van der Waals surface area contributed by atoms with Crippen molar-refractivity contribution < 1.29 is 9.53 Å². The molecule has 0 aromatic rings. The van der Waals surface area contributed by atoms with Gasteiger partial charge in [-0.3, -0.25) is 4.79 Å². The van der Waals surface area contributed by atoms with Crippen molar-refractivity contribution in [1.82, 2.24) is 0 Å². The molecule has 0 aromatic heterocycles. The lowest BCUT2D eigenvalue weighted by atomic mass is 9.85. The summed E-state index contributed by atoms with van der Waals surface area (Å²) in [6.45, 7) is 6.36. The van der Waals surface area contributed by atoms with E-state index in [1.165, 1.54) is 5.57 Å². The van der Waals surface area contributed by atoms with E-state index >= 15 is 0 Å². The first-order valence-corrected chi connectivity index (χ1v) is 3.84. The average Bonchev–Trinajstić information content (AvgIpc) is 2.32. The van der Waals surface area contributed by atoms with Crippen molar-refractivity contribution in [3.63, 3.8) is 0 Å². The Bertz CT molecular complexity index is 186. The summed E-state index contributed by atoms with van der Waals surface area (Å²) < 4.78 is 5.11. The monoisotopic (exact) mass is 154 g/mol. The molecule has 0 fully saturated rings. The molecule has 1 heterocycles. The minimum Gasteiger partial charge on any atom is -0.490 e. The molecule has 1 aliphatic heterocycles. The summed E-state index contributed by atoms with van der Waals surface area (Å²) >= 11 is 0. The zero-order valence-electron chi connectivity index (χ0n) is 7.26. The lowest BCUT2D eigenvalue weighted by Gasteiger charge is -2.18. The van der Waals surface area contributed by atoms with Crippen LogP contribution in [0.4, 0.5) is 0 Å². The Hall–Kier alpha value is -0.790. The van der Waals surface area contributed by atoms with Gasteiger partial charge in [0, 0.05) is 6.42 Å². The minimum atomic E-state index is -0.232. The third kappa shape index (κ3) is 1.82. The van der Waals surface area contributed by atoms with Crippen LogP contribution < -0.4 is 0 Å². The van der Waals surface area contributed by atoms with Crippen LogP contribution in [-0.2, 0) is 9.53 Å². The van der Waals surface area contributed by atoms with Crippen molar-refractivity contribution in [2.45, 2.75) is 33.3 Å². The Morgan fingerprint density at radius 1 is 1.64 bits per heavy atom. The normalized spacial score (nSPS) is 24.3. The Morgan fingerprint density at radius 3 is 2.55 bits per heavy atom. The van der Waals surface area contributed by atoms with Crippen molar-refractivity contribution in [1.29, 1.82) is 0 Å². The topological polar surface area (TPSA) is 26.3 Å². The van der Waals surface area contributed by atoms with Gasteiger partial charge in [-0.25, -0.2) is 0 Å². The number of carbonyl (C=O) groups is 1. The molecule has 0 saturated heterocycles. The highest BCUT2D eigenvalue weighted by atomic mass is 16.5. The quantitative estimate of drug-likeness (QED) is 0.539. The van der Waals surface area contributed by atoms with Gasteiger partial charge in [-0.1, -0.05) is 20.8 Å². The van der Waals surface area contributed by atoms with Gasteiger partial charge < -0.3 is 4.74 Å². The highest BCUT2D eigenvalue weighted by molar-refractivity contribution is 5.58. The molecule has 1 aliphatic rings. The van der Waals surface area contributed by atoms with Gasteiger partial charge in [0.25, 0.3) is 0 Å². The molecular weight excluding hydrogens is 140 g/mol. The number of ether oxygens (including phenoxy) is 1. The van der Waals surface area contributed by atoms with Crippen LogP contribution >= 0.6 is 0 Å². The number of rotatable bonds is 1. The summed E-state index contributed by atoms with van der Waals surface area (Å²) in [5.41, 5.74) is 1.35. The summed E-state index contributed by atoms with van der Waals surface area (Å²) in [5, 5.41) is 0. The van der Waals surface area contributed by atoms with Gasteiger partial charge in [-0.05, 0) is 11.0 Å². The second kappa shape index (κ2) is 2.68. The van der Waals surface area contributed by atoms with E-state index < -0.39 is 0 Å². The third-order valence-electron chi connectivity index (χ3n) is 1.92. The molecule has 11 heavy (non-hydrogen) atoms. The van der Waals surface area contributed by atoms with Crippen molar-refractivity contribution in [3.8, 4) is 0 Å². The summed E-state index contributed by atoms with van der Waals surface area (Å²) in [5.74, 6) is 0. The van der Waals surface area contributed by atoms with Crippen LogP contribution in [0.1, 0.15) is 27.2 Å². The summed E-state index contributed by atoms with van der Waals surface area (Å²) in [6.07, 6.45) is 3.10. The van der Waals surface area contributed by atoms with Crippen molar-refractivity contribution in [2.24, 2.45) is 5.41 Å². The summed E-state index contributed by atoms with van der Waals surface area (Å²) in [4.78, 5) is 10.3. The van der Waals surface area contributed by atoms with Gasteiger partial charge in [-0.2, -0.15) is 0 Å². The maximum absolute atomic E-state index is 10.3. The lowest BCUT2D eigenvalue weighted by molar-refractivity contribution is -0.114. The fourth-order valence-corrected chi connectivity index (χ4v) is 1.05. The lowest BCUT2D eigenvalue weighted by Crippen LogP contribution is -2.12. The first-order valence-electron chi connectivity index (χ1n) is 3.84. The first-order chi connectivity index (χ1) is 5.04. The third-order valence-corrected chi connectivity index (χ3v) is 1.92. The van der Waals surface area contributed by atoms with Crippen LogP contribution in [0.25, 0.3) is 0 Å². The van der Waals surface area contributed by atoms with Crippen molar-refractivity contribution in [3.05, 3.63) is 11.8 Å². The predicted octanol–water partition coefficient (Wildman–Crippen LogP) is 1.90. The number of hydrogen-bond donors (Lipinski definition) is 0. The van der Waals surface area contributed by atoms with Crippen LogP contribution in [0.3, 0.4) is 0 Å². The molecule has 1 atom stereocenters. The number of carbonyl (C=O) groups excluding carboxylic acids is 1. The van der Waals surface area contributed by atoms with Crippen LogP contribution in [0.15, 0.2) is 11.8 Å². The maximum atomic E-state index is 10.3. The average molecular weight is 154 g/mol. The van der Waals surface area contributed by atoms with Gasteiger partial charge in [0.15, 0.2) is 12.4 Å². The Kier molecular flexibility index (Phi) is 2.03. The highest BCUT2D eigenvalue weighted by Gasteiger charge is 2.26. The van der Waals surface area contributed by atoms with Crippen LogP contribution in [0.2, 0.25) is 0 Å². The molecule has 2 nitrogen and oxygen atoms in total. The molecule has 0 N–H and O–H groups in total. The standard InChI is InChI=1S/C9H14O2/c1-9(2,3)7-4-8(5-10)11-6-7/h5-6,8H,4H2,1-3H3. The molecule has 1 unspecified atom stereocenters. The van der Waals surface area contributed by atoms with Gasteiger partial charge >= 0.3 is 0 Å². The molecule has 0 spiro atoms. The van der Waals surface area contributed by atoms with Gasteiger partial charge in [-0.15, -0.1) is 0 Å². The van der Waals surface area contributed by atoms with Gasteiger partial charge in [0.1, 0.15) is 0 Å². The fraction of sp³-hybridized carbons (Fsp3) is 0.667. The Morgan fingerprint density at radius 2 is 2.27 bits per heavy atom. The molecule has 0 amide bonds. The van der Waals surface area contributed by atoms with Crippen LogP contribution in [0, 0.1) is 5.41 Å². The minimum absolute atomic E-state index is 0.137. The molecule has 0 radical (unpaired) electrons. The van der Waals surface area contributed by atoms with E-state index in [2.05, 4.69) is 20.8 Å². The number of aldehydes is 1. The highest BCUT2D eigenvalue weighted by Crippen LogP contribution is 2.32. The van der Waals surface area contributed by atoms with E-state index in [0.717, 1.165) is 12.7 Å². The van der Waals surface area contributed by atoms with E-state index in [9.17, 15) is 4.79 Å². The predicted molar refractivity (Wildman–Crippen MR) is 43.1 cm³/mol. The SMILES string of the molecule is CC(C)(C)C1=COC(C=O)C1. The van der Waals surface area contributed by atoms with Gasteiger partial charge in [0.05, 0.1) is 6.26 Å². The van der Waals surface area contributed by atoms with Gasteiger partial charge in [0.2, 0.25) is 0 Å². The summed E-state index contributed by atoms with van der Waals surface area (Å²) in [6, 6.07) is 0. The second-order valence-corrected chi connectivity index (χ2v) is 3.91. The first kappa shape index (κ1) is 8.31. The molecule has 0 aliphatic carbocycles. The Labute approximate surface area is 67.2 Å². The Balaban J connectivity index is 2.59. The fourth-order valence-electron chi connectivity index (χ4n) is 1.05. The molecular formula is C9H14O2. The largest absolute Gasteiger partial charge is 0.490 e. The molecule has 0 bridgehead atoms. The smallest absolute Gasteiger partial charge is 0.160 e. The van der Waals surface area contributed by atoms with E-state index in [1.54, 1.807) is 6.26 Å². The van der Waals surface area contributed by atoms with E-state index in [1.807, 2.05) is 0 Å². The molecule has 0 saturated carbocycles. The zero-order chi connectivity index (χ0) is 8.48. The maximum Gasteiger partial charge on any atom is 0.160 e. The van der Waals surface area contributed by atoms with E-state index in [-0.39, 0.29) is 11.5 Å². The zero-order valence-corrected chi connectivity index (χ0v) is 7.26. The second-order valence-electron chi connectivity index (χ2n) is 3.91. The van der Waals surface area contributed by atoms with Crippen molar-refractivity contribution in [2.75, 3.05) is 0 Å². The summed E-state index contributed by atoms with van der Waals surface area (Å²) in [7, 11) is 0.